The van der Waals surface area contributed by atoms with E-state index in [1.54, 1.807) is 4.63 Å². The molecule has 2 heterocycles. The van der Waals surface area contributed by atoms with Gasteiger partial charge in [0.25, 0.3) is 0 Å². The third kappa shape index (κ3) is 1.13. The molecule has 0 spiro atoms. The zero-order valence-corrected chi connectivity index (χ0v) is 8.26. The number of H-pyrrole nitrogens is 1. The molecule has 0 bridgehead atoms. The number of aryl methyl sites for hydroxylation is 3. The van der Waals surface area contributed by atoms with Gasteiger partial charge in [0, 0.05) is 12.0 Å². The summed E-state index contributed by atoms with van der Waals surface area (Å²) in [5.74, 6) is 0.997. The maximum Gasteiger partial charge on any atom is 0.159 e. The Morgan fingerprint density at radius 2 is 2.00 bits per heavy atom. The summed E-state index contributed by atoms with van der Waals surface area (Å²) in [6, 6.07) is 0. The second-order valence-corrected chi connectivity index (χ2v) is 3.18. The summed E-state index contributed by atoms with van der Waals surface area (Å²) in [5, 5.41) is 8.64. The first kappa shape index (κ1) is 8.29. The van der Waals surface area contributed by atoms with E-state index in [4.69, 9.17) is 0 Å². The molecule has 0 fully saturated rings. The molecule has 70 valence electrons. The molecule has 0 aliphatic heterocycles. The van der Waals surface area contributed by atoms with Crippen LogP contribution in [0.2, 0.25) is 0 Å². The highest BCUT2D eigenvalue weighted by Crippen LogP contribution is 2.13. The van der Waals surface area contributed by atoms with Crippen molar-refractivity contribution >= 4 is 5.65 Å². The molecule has 4 heteroatoms. The molecule has 0 unspecified atom stereocenters. The summed E-state index contributed by atoms with van der Waals surface area (Å²) in [5.41, 5.74) is 3.40. The van der Waals surface area contributed by atoms with Crippen LogP contribution < -0.4 is 0 Å². The van der Waals surface area contributed by atoms with E-state index in [1.807, 2.05) is 6.92 Å². The van der Waals surface area contributed by atoms with E-state index in [2.05, 4.69) is 29.0 Å². The molecule has 0 aliphatic carbocycles. The van der Waals surface area contributed by atoms with Crippen LogP contribution in [0.5, 0.6) is 0 Å². The lowest BCUT2D eigenvalue weighted by molar-refractivity contribution is 0.778. The molecule has 2 aromatic heterocycles. The Bertz CT molecular complexity index is 424. The highest BCUT2D eigenvalue weighted by atomic mass is 15.5. The van der Waals surface area contributed by atoms with Crippen LogP contribution >= 0.6 is 0 Å². The van der Waals surface area contributed by atoms with Gasteiger partial charge in [0.1, 0.15) is 5.82 Å². The van der Waals surface area contributed by atoms with Crippen molar-refractivity contribution in [2.45, 2.75) is 33.6 Å². The molecule has 4 nitrogen and oxygen atoms in total. The topological polar surface area (TPSA) is 46.0 Å². The summed E-state index contributed by atoms with van der Waals surface area (Å²) in [6.07, 6.45) is 1.92. The second kappa shape index (κ2) is 2.87. The molecular formula is C9H14N4. The van der Waals surface area contributed by atoms with Crippen molar-refractivity contribution in [1.82, 2.24) is 19.8 Å². The highest BCUT2D eigenvalue weighted by Gasteiger charge is 2.10. The second-order valence-electron chi connectivity index (χ2n) is 3.18. The number of nitrogens with zero attached hydrogens (tertiary/aromatic N) is 3. The predicted molar refractivity (Wildman–Crippen MR) is 50.8 cm³/mol. The maximum atomic E-state index is 4.33. The average molecular weight is 178 g/mol. The monoisotopic (exact) mass is 178 g/mol. The fraction of sp³-hybridized carbons (Fsp3) is 0.556. The van der Waals surface area contributed by atoms with Crippen LogP contribution in [0.15, 0.2) is 0 Å². The third-order valence-corrected chi connectivity index (χ3v) is 2.33. The molecule has 13 heavy (non-hydrogen) atoms. The molecule has 2 aromatic rings. The minimum absolute atomic E-state index is 0.922. The fourth-order valence-corrected chi connectivity index (χ4v) is 1.60. The highest BCUT2D eigenvalue weighted by molar-refractivity contribution is 5.49. The largest absolute Gasteiger partial charge is 0.325 e. The van der Waals surface area contributed by atoms with Gasteiger partial charge < -0.3 is 4.98 Å². The van der Waals surface area contributed by atoms with Crippen molar-refractivity contribution in [2.75, 3.05) is 0 Å². The van der Waals surface area contributed by atoms with Crippen molar-refractivity contribution in [3.05, 3.63) is 17.1 Å². The number of nitrogens with one attached hydrogen (secondary N) is 1. The van der Waals surface area contributed by atoms with Gasteiger partial charge in [-0.1, -0.05) is 13.8 Å². The average Bonchev–Trinajstić information content (AvgIpc) is 2.60. The van der Waals surface area contributed by atoms with E-state index >= 15 is 0 Å². The van der Waals surface area contributed by atoms with Crippen LogP contribution in [-0.2, 0) is 12.8 Å². The van der Waals surface area contributed by atoms with Crippen LogP contribution in [0.3, 0.4) is 0 Å². The number of hydrogen-bond donors (Lipinski definition) is 1. The number of aromatic amines is 1. The van der Waals surface area contributed by atoms with Crippen LogP contribution in [0.4, 0.5) is 0 Å². The number of fused-ring (bicyclic) bond motifs is 1. The van der Waals surface area contributed by atoms with Gasteiger partial charge in [-0.3, -0.25) is 0 Å². The van der Waals surface area contributed by atoms with Gasteiger partial charge in [0.15, 0.2) is 5.65 Å². The molecule has 0 aromatic carbocycles. The summed E-state index contributed by atoms with van der Waals surface area (Å²) < 4.78 is 1.70. The minimum Gasteiger partial charge on any atom is -0.325 e. The van der Waals surface area contributed by atoms with Gasteiger partial charge in [-0.25, -0.2) is 0 Å². The minimum atomic E-state index is 0.922. The van der Waals surface area contributed by atoms with Gasteiger partial charge in [0.05, 0.1) is 5.69 Å². The lowest BCUT2D eigenvalue weighted by atomic mass is 10.2. The molecule has 1 N–H and O–H groups in total. The van der Waals surface area contributed by atoms with Gasteiger partial charge >= 0.3 is 0 Å². The van der Waals surface area contributed by atoms with Gasteiger partial charge in [-0.05, 0) is 13.3 Å². The summed E-state index contributed by atoms with van der Waals surface area (Å²) in [7, 11) is 0. The first-order valence-corrected chi connectivity index (χ1v) is 4.69. The maximum absolute atomic E-state index is 4.33. The van der Waals surface area contributed by atoms with Crippen molar-refractivity contribution < 1.29 is 0 Å². The van der Waals surface area contributed by atoms with Gasteiger partial charge in [-0.2, -0.15) is 5.10 Å². The van der Waals surface area contributed by atoms with E-state index in [0.29, 0.717) is 0 Å². The normalized spacial score (nSPS) is 11.3. The first-order chi connectivity index (χ1) is 6.26. The number of hydrogen-bond acceptors (Lipinski definition) is 2. The molecule has 0 saturated carbocycles. The smallest absolute Gasteiger partial charge is 0.159 e. The SMILES string of the molecule is CCc1nn2nc(C)c(CC)c2[nH]1. The van der Waals surface area contributed by atoms with Crippen molar-refractivity contribution in [3.63, 3.8) is 0 Å². The first-order valence-electron chi connectivity index (χ1n) is 4.69. The number of aromatic nitrogens is 4. The van der Waals surface area contributed by atoms with E-state index in [-0.39, 0.29) is 0 Å². The lowest BCUT2D eigenvalue weighted by Gasteiger charge is -1.90. The fourth-order valence-electron chi connectivity index (χ4n) is 1.60. The van der Waals surface area contributed by atoms with E-state index in [9.17, 15) is 0 Å². The Balaban J connectivity index is 2.66. The Hall–Kier alpha value is -1.32. The van der Waals surface area contributed by atoms with Crippen molar-refractivity contribution in [2.24, 2.45) is 0 Å². The molecule has 0 aliphatic rings. The van der Waals surface area contributed by atoms with E-state index in [0.717, 1.165) is 30.0 Å². The predicted octanol–water partition coefficient (Wildman–Crippen LogP) is 1.49. The Labute approximate surface area is 77.0 Å². The molecule has 0 radical (unpaired) electrons. The molecule has 0 saturated heterocycles. The Morgan fingerprint density at radius 1 is 1.23 bits per heavy atom. The molecule has 0 atom stereocenters. The Kier molecular flexibility index (Phi) is 1.83. The quantitative estimate of drug-likeness (QED) is 0.757. The van der Waals surface area contributed by atoms with E-state index < -0.39 is 0 Å². The van der Waals surface area contributed by atoms with Crippen molar-refractivity contribution in [1.29, 1.82) is 0 Å². The van der Waals surface area contributed by atoms with Gasteiger partial charge in [0.2, 0.25) is 0 Å². The Morgan fingerprint density at radius 3 is 2.62 bits per heavy atom. The zero-order chi connectivity index (χ0) is 9.42. The van der Waals surface area contributed by atoms with Crippen molar-refractivity contribution in [3.8, 4) is 0 Å². The van der Waals surface area contributed by atoms with Crippen LogP contribution in [0, 0.1) is 6.92 Å². The zero-order valence-electron chi connectivity index (χ0n) is 8.26. The summed E-state index contributed by atoms with van der Waals surface area (Å²) >= 11 is 0. The molecular weight excluding hydrogens is 164 g/mol. The van der Waals surface area contributed by atoms with E-state index in [1.165, 1.54) is 5.56 Å². The molecule has 0 amide bonds. The standard InChI is InChI=1S/C9H14N4/c1-4-7-6(3)11-13-9(7)10-8(5-2)12-13/h4-5H2,1-3H3,(H,10,12). The van der Waals surface area contributed by atoms with Crippen LogP contribution in [-0.4, -0.2) is 19.8 Å². The van der Waals surface area contributed by atoms with Crippen LogP contribution in [0.25, 0.3) is 5.65 Å². The van der Waals surface area contributed by atoms with Gasteiger partial charge in [-0.15, -0.1) is 9.73 Å². The third-order valence-electron chi connectivity index (χ3n) is 2.33. The summed E-state index contributed by atoms with van der Waals surface area (Å²) in [6.45, 7) is 6.24. The summed E-state index contributed by atoms with van der Waals surface area (Å²) in [4.78, 5) is 3.27. The lowest BCUT2D eigenvalue weighted by Crippen LogP contribution is -1.89. The molecule has 2 rings (SSSR count). The number of rotatable bonds is 2. The van der Waals surface area contributed by atoms with Crippen LogP contribution in [0.1, 0.15) is 30.9 Å².